The Bertz CT molecular complexity index is 240. The zero-order chi connectivity index (χ0) is 13.7. The average Bonchev–Trinajstić information content (AvgIpc) is 2.21. The molecule has 1 atom stereocenters. The van der Waals surface area contributed by atoms with E-state index in [0.717, 1.165) is 6.42 Å². The van der Waals surface area contributed by atoms with E-state index in [2.05, 4.69) is 20.8 Å². The second-order valence-corrected chi connectivity index (χ2v) is 5.24. The molecule has 1 unspecified atom stereocenters. The Balaban J connectivity index is 4.69. The van der Waals surface area contributed by atoms with Gasteiger partial charge in [-0.25, -0.2) is 0 Å². The van der Waals surface area contributed by atoms with Crippen molar-refractivity contribution in [2.45, 2.75) is 52.6 Å². The van der Waals surface area contributed by atoms with Gasteiger partial charge in [0.25, 0.3) is 0 Å². The Morgan fingerprint density at radius 2 is 1.71 bits per heavy atom. The molecule has 0 aromatic heterocycles. The number of carbonyl (C=O) groups is 1. The molecule has 0 aliphatic carbocycles. The monoisotopic (exact) mass is 248 g/mol. The fourth-order valence-electron chi connectivity index (χ4n) is 1.43. The third-order valence-corrected chi connectivity index (χ3v) is 2.46. The van der Waals surface area contributed by atoms with Crippen molar-refractivity contribution in [3.8, 4) is 0 Å². The summed E-state index contributed by atoms with van der Waals surface area (Å²) in [6, 6.07) is 0. The molecular weight excluding hydrogens is 224 g/mol. The van der Waals surface area contributed by atoms with Gasteiger partial charge in [0.2, 0.25) is 0 Å². The highest BCUT2D eigenvalue weighted by Crippen LogP contribution is 2.27. The molecule has 5 heteroatoms. The van der Waals surface area contributed by atoms with Crippen LogP contribution in [0.2, 0.25) is 0 Å². The first-order valence-electron chi connectivity index (χ1n) is 5.64. The molecule has 0 spiro atoms. The molecule has 0 aromatic carbocycles. The predicted octanol–water partition coefficient (Wildman–Crippen LogP) is 1.68. The van der Waals surface area contributed by atoms with E-state index in [1.807, 2.05) is 0 Å². The van der Waals surface area contributed by atoms with Gasteiger partial charge in [-0.1, -0.05) is 20.8 Å². The van der Waals surface area contributed by atoms with Crippen LogP contribution in [0.1, 0.15) is 40.5 Å². The maximum atomic E-state index is 11.0. The standard InChI is InChI=1S/C12H24O5/c1-9(13)17-10(7-8-11(2,3)4)12(14,15-5)16-6/h10,14H,7-8H2,1-6H3. The van der Waals surface area contributed by atoms with E-state index >= 15 is 0 Å². The van der Waals surface area contributed by atoms with Crippen molar-refractivity contribution in [1.82, 2.24) is 0 Å². The van der Waals surface area contributed by atoms with E-state index in [0.29, 0.717) is 6.42 Å². The van der Waals surface area contributed by atoms with Crippen molar-refractivity contribution < 1.29 is 24.1 Å². The molecule has 0 saturated carbocycles. The van der Waals surface area contributed by atoms with Gasteiger partial charge in [-0.05, 0) is 18.3 Å². The third kappa shape index (κ3) is 6.00. The number of aliphatic hydroxyl groups is 1. The molecule has 0 radical (unpaired) electrons. The highest BCUT2D eigenvalue weighted by Gasteiger charge is 2.40. The molecule has 0 rings (SSSR count). The number of methoxy groups -OCH3 is 2. The molecule has 0 bridgehead atoms. The number of esters is 1. The number of ether oxygens (including phenoxy) is 3. The van der Waals surface area contributed by atoms with E-state index in [-0.39, 0.29) is 5.41 Å². The fraction of sp³-hybridized carbons (Fsp3) is 0.917. The van der Waals surface area contributed by atoms with Crippen LogP contribution in [0.5, 0.6) is 0 Å². The lowest BCUT2D eigenvalue weighted by molar-refractivity contribution is -0.379. The van der Waals surface area contributed by atoms with Gasteiger partial charge in [0.05, 0.1) is 0 Å². The van der Waals surface area contributed by atoms with E-state index in [4.69, 9.17) is 14.2 Å². The summed E-state index contributed by atoms with van der Waals surface area (Å²) in [5, 5.41) is 10.0. The Morgan fingerprint density at radius 3 is 2.00 bits per heavy atom. The molecule has 0 saturated heterocycles. The third-order valence-electron chi connectivity index (χ3n) is 2.46. The largest absolute Gasteiger partial charge is 0.454 e. The summed E-state index contributed by atoms with van der Waals surface area (Å²) < 4.78 is 14.8. The van der Waals surface area contributed by atoms with Crippen LogP contribution in [0.25, 0.3) is 0 Å². The minimum atomic E-state index is -1.89. The lowest BCUT2D eigenvalue weighted by Gasteiger charge is -2.33. The van der Waals surface area contributed by atoms with Gasteiger partial charge in [0.15, 0.2) is 6.10 Å². The number of hydrogen-bond acceptors (Lipinski definition) is 5. The smallest absolute Gasteiger partial charge is 0.319 e. The van der Waals surface area contributed by atoms with E-state index < -0.39 is 18.0 Å². The summed E-state index contributed by atoms with van der Waals surface area (Å²) in [6.07, 6.45) is 0.385. The molecule has 102 valence electrons. The quantitative estimate of drug-likeness (QED) is 0.572. The van der Waals surface area contributed by atoms with Crippen LogP contribution in [0.4, 0.5) is 0 Å². The van der Waals surface area contributed by atoms with Gasteiger partial charge in [-0.15, -0.1) is 0 Å². The van der Waals surface area contributed by atoms with Gasteiger partial charge >= 0.3 is 11.9 Å². The van der Waals surface area contributed by atoms with E-state index in [1.165, 1.54) is 21.1 Å². The zero-order valence-electron chi connectivity index (χ0n) is 11.6. The second-order valence-electron chi connectivity index (χ2n) is 5.24. The van der Waals surface area contributed by atoms with Gasteiger partial charge in [0, 0.05) is 21.1 Å². The van der Waals surface area contributed by atoms with Crippen LogP contribution in [-0.2, 0) is 19.0 Å². The number of carbonyl (C=O) groups excluding carboxylic acids is 1. The SMILES string of the molecule is COC(O)(OC)C(CCC(C)(C)C)OC(C)=O. The van der Waals surface area contributed by atoms with Gasteiger partial charge < -0.3 is 19.3 Å². The van der Waals surface area contributed by atoms with Gasteiger partial charge in [-0.2, -0.15) is 0 Å². The number of hydrogen-bond donors (Lipinski definition) is 1. The van der Waals surface area contributed by atoms with E-state index in [1.54, 1.807) is 0 Å². The molecule has 0 fully saturated rings. The first-order valence-corrected chi connectivity index (χ1v) is 5.64. The van der Waals surface area contributed by atoms with Crippen LogP contribution in [0.3, 0.4) is 0 Å². The van der Waals surface area contributed by atoms with Crippen molar-refractivity contribution in [2.75, 3.05) is 14.2 Å². The van der Waals surface area contributed by atoms with Crippen molar-refractivity contribution in [3.05, 3.63) is 0 Å². The molecule has 0 aliphatic rings. The second kappa shape index (κ2) is 6.33. The Morgan fingerprint density at radius 1 is 1.24 bits per heavy atom. The van der Waals surface area contributed by atoms with Gasteiger partial charge in [0.1, 0.15) is 0 Å². The molecule has 17 heavy (non-hydrogen) atoms. The molecule has 0 heterocycles. The van der Waals surface area contributed by atoms with Gasteiger partial charge in [-0.3, -0.25) is 4.79 Å². The topological polar surface area (TPSA) is 65.0 Å². The van der Waals surface area contributed by atoms with Crippen LogP contribution in [0, 0.1) is 5.41 Å². The normalized spacial score (nSPS) is 14.5. The van der Waals surface area contributed by atoms with E-state index in [9.17, 15) is 9.90 Å². The summed E-state index contributed by atoms with van der Waals surface area (Å²) in [5.74, 6) is -2.37. The Hall–Kier alpha value is -0.650. The van der Waals surface area contributed by atoms with Crippen molar-refractivity contribution in [1.29, 1.82) is 0 Å². The van der Waals surface area contributed by atoms with Crippen LogP contribution >= 0.6 is 0 Å². The van der Waals surface area contributed by atoms with Crippen molar-refractivity contribution >= 4 is 5.97 Å². The van der Waals surface area contributed by atoms with Crippen molar-refractivity contribution in [2.24, 2.45) is 5.41 Å². The molecule has 0 aliphatic heterocycles. The zero-order valence-corrected chi connectivity index (χ0v) is 11.6. The van der Waals surface area contributed by atoms with Crippen LogP contribution < -0.4 is 0 Å². The summed E-state index contributed by atoms with van der Waals surface area (Å²) in [7, 11) is 2.61. The molecule has 5 nitrogen and oxygen atoms in total. The Labute approximate surface area is 103 Å². The lowest BCUT2D eigenvalue weighted by Crippen LogP contribution is -2.48. The lowest BCUT2D eigenvalue weighted by atomic mass is 9.89. The first-order chi connectivity index (χ1) is 7.64. The minimum absolute atomic E-state index is 0.0702. The average molecular weight is 248 g/mol. The summed E-state index contributed by atoms with van der Waals surface area (Å²) >= 11 is 0. The number of rotatable bonds is 6. The Kier molecular flexibility index (Phi) is 6.09. The summed E-state index contributed by atoms with van der Waals surface area (Å²) in [4.78, 5) is 11.0. The molecular formula is C12H24O5. The highest BCUT2D eigenvalue weighted by molar-refractivity contribution is 5.66. The first kappa shape index (κ1) is 16.4. The minimum Gasteiger partial charge on any atom is -0.454 e. The summed E-state index contributed by atoms with van der Waals surface area (Å²) in [5.41, 5.74) is 0.0702. The maximum absolute atomic E-state index is 11.0. The predicted molar refractivity (Wildman–Crippen MR) is 63.2 cm³/mol. The molecule has 0 aromatic rings. The fourth-order valence-corrected chi connectivity index (χ4v) is 1.43. The van der Waals surface area contributed by atoms with Crippen LogP contribution in [-0.4, -0.2) is 37.4 Å². The molecule has 1 N–H and O–H groups in total. The highest BCUT2D eigenvalue weighted by atomic mass is 16.8. The van der Waals surface area contributed by atoms with Crippen molar-refractivity contribution in [3.63, 3.8) is 0 Å². The van der Waals surface area contributed by atoms with Crippen LogP contribution in [0.15, 0.2) is 0 Å². The maximum Gasteiger partial charge on any atom is 0.319 e. The molecule has 0 amide bonds. The summed E-state index contributed by atoms with van der Waals surface area (Å²) in [6.45, 7) is 7.49.